The number of anilines is 1. The first kappa shape index (κ1) is 18.3. The van der Waals surface area contributed by atoms with Gasteiger partial charge in [0.15, 0.2) is 5.65 Å². The van der Waals surface area contributed by atoms with Crippen LogP contribution >= 0.6 is 0 Å². The maximum Gasteiger partial charge on any atom is 0.236 e. The molecule has 0 radical (unpaired) electrons. The fourth-order valence-corrected chi connectivity index (χ4v) is 3.72. The van der Waals surface area contributed by atoms with E-state index < -0.39 is 0 Å². The van der Waals surface area contributed by atoms with Crippen molar-refractivity contribution in [2.45, 2.75) is 31.9 Å². The second-order valence-corrected chi connectivity index (χ2v) is 6.94. The van der Waals surface area contributed by atoms with E-state index in [2.05, 4.69) is 28.9 Å². The van der Waals surface area contributed by atoms with Crippen molar-refractivity contribution in [2.75, 3.05) is 11.4 Å². The monoisotopic (exact) mass is 375 g/mol. The first-order valence-electron chi connectivity index (χ1n) is 9.57. The largest absolute Gasteiger partial charge is 0.484 e. The lowest BCUT2D eigenvalue weighted by Crippen LogP contribution is -2.23. The topological polar surface area (TPSA) is 68.7 Å². The Hall–Kier alpha value is -3.12. The SMILES string of the molecule is C=CCN(/C=C/C)c1nnc2ccc(O[C@@H]3CC[C@H](N)c4ccccc43)cn12. The molecule has 4 rings (SSSR count). The summed E-state index contributed by atoms with van der Waals surface area (Å²) in [6, 6.07) is 12.2. The Morgan fingerprint density at radius 2 is 2.04 bits per heavy atom. The van der Waals surface area contributed by atoms with Crippen LogP contribution in [-0.4, -0.2) is 21.1 Å². The number of hydrogen-bond donors (Lipinski definition) is 1. The number of rotatable bonds is 6. The van der Waals surface area contributed by atoms with Gasteiger partial charge in [-0.1, -0.05) is 36.4 Å². The minimum absolute atomic E-state index is 0.00630. The standard InChI is InChI=1S/C22H25N5O/c1-3-13-26(14-4-2)22-25-24-21-12-9-16(15-27(21)22)28-20-11-10-19(23)17-7-5-6-8-18(17)20/h3-9,12,14-15,19-20H,1,10-11,13,23H2,2H3/b14-4+/t19-,20+/m0/s1. The van der Waals surface area contributed by atoms with Gasteiger partial charge in [-0.2, -0.15) is 0 Å². The van der Waals surface area contributed by atoms with Crippen molar-refractivity contribution in [1.82, 2.24) is 14.6 Å². The predicted molar refractivity (Wildman–Crippen MR) is 111 cm³/mol. The van der Waals surface area contributed by atoms with Crippen molar-refractivity contribution < 1.29 is 4.74 Å². The molecule has 0 fully saturated rings. The lowest BCUT2D eigenvalue weighted by Gasteiger charge is -2.30. The molecule has 1 aliphatic carbocycles. The highest BCUT2D eigenvalue weighted by molar-refractivity contribution is 5.50. The molecular formula is C22H25N5O. The summed E-state index contributed by atoms with van der Waals surface area (Å²) in [5, 5.41) is 8.60. The van der Waals surface area contributed by atoms with Gasteiger partial charge in [0.25, 0.3) is 0 Å². The van der Waals surface area contributed by atoms with Crippen LogP contribution in [0.2, 0.25) is 0 Å². The Bertz CT molecular complexity index is 1010. The highest BCUT2D eigenvalue weighted by Crippen LogP contribution is 2.37. The summed E-state index contributed by atoms with van der Waals surface area (Å²) in [4.78, 5) is 1.99. The van der Waals surface area contributed by atoms with Crippen LogP contribution in [0.3, 0.4) is 0 Å². The molecule has 1 aromatic carbocycles. The Kier molecular flexibility index (Phi) is 5.12. The molecule has 2 N–H and O–H groups in total. The third-order valence-corrected chi connectivity index (χ3v) is 5.03. The zero-order valence-electron chi connectivity index (χ0n) is 16.0. The maximum absolute atomic E-state index is 6.37. The molecule has 3 aromatic rings. The normalized spacial score (nSPS) is 18.9. The Balaban J connectivity index is 1.66. The molecule has 144 valence electrons. The summed E-state index contributed by atoms with van der Waals surface area (Å²) >= 11 is 0. The van der Waals surface area contributed by atoms with Crippen LogP contribution < -0.4 is 15.4 Å². The summed E-state index contributed by atoms with van der Waals surface area (Å²) in [7, 11) is 0. The number of aromatic nitrogens is 3. The summed E-state index contributed by atoms with van der Waals surface area (Å²) in [6.45, 7) is 6.44. The van der Waals surface area contributed by atoms with Gasteiger partial charge in [-0.15, -0.1) is 16.8 Å². The van der Waals surface area contributed by atoms with Crippen LogP contribution in [0, 0.1) is 0 Å². The molecule has 0 amide bonds. The summed E-state index contributed by atoms with van der Waals surface area (Å²) in [5.41, 5.74) is 9.40. The highest BCUT2D eigenvalue weighted by Gasteiger charge is 2.26. The van der Waals surface area contributed by atoms with Gasteiger partial charge in [-0.25, -0.2) is 0 Å². The van der Waals surface area contributed by atoms with E-state index in [1.165, 1.54) is 11.1 Å². The molecule has 2 heterocycles. The number of allylic oxidation sites excluding steroid dienone is 1. The van der Waals surface area contributed by atoms with Crippen molar-refractivity contribution in [2.24, 2.45) is 5.73 Å². The minimum Gasteiger partial charge on any atom is -0.484 e. The fourth-order valence-electron chi connectivity index (χ4n) is 3.72. The minimum atomic E-state index is -0.00630. The molecule has 0 unspecified atom stereocenters. The van der Waals surface area contributed by atoms with Gasteiger partial charge in [-0.05, 0) is 43.0 Å². The smallest absolute Gasteiger partial charge is 0.236 e. The average molecular weight is 375 g/mol. The van der Waals surface area contributed by atoms with Crippen LogP contribution in [0.5, 0.6) is 5.75 Å². The molecule has 1 aliphatic rings. The van der Waals surface area contributed by atoms with Crippen molar-refractivity contribution in [1.29, 1.82) is 0 Å². The Morgan fingerprint density at radius 1 is 1.21 bits per heavy atom. The van der Waals surface area contributed by atoms with E-state index >= 15 is 0 Å². The van der Waals surface area contributed by atoms with Gasteiger partial charge in [0.05, 0.1) is 6.20 Å². The molecule has 28 heavy (non-hydrogen) atoms. The second kappa shape index (κ2) is 7.86. The summed E-state index contributed by atoms with van der Waals surface area (Å²) in [5.74, 6) is 1.51. The first-order chi connectivity index (χ1) is 13.7. The lowest BCUT2D eigenvalue weighted by molar-refractivity contribution is 0.176. The fraction of sp³-hybridized carbons (Fsp3) is 0.273. The molecule has 0 bridgehead atoms. The van der Waals surface area contributed by atoms with Gasteiger partial charge in [0.1, 0.15) is 11.9 Å². The van der Waals surface area contributed by atoms with Crippen LogP contribution in [0.4, 0.5) is 5.95 Å². The maximum atomic E-state index is 6.37. The van der Waals surface area contributed by atoms with Crippen molar-refractivity contribution in [3.05, 3.63) is 78.7 Å². The number of ether oxygens (including phenoxy) is 1. The molecular weight excluding hydrogens is 350 g/mol. The van der Waals surface area contributed by atoms with E-state index in [0.29, 0.717) is 6.54 Å². The zero-order chi connectivity index (χ0) is 19.5. The van der Waals surface area contributed by atoms with E-state index in [1.54, 1.807) is 0 Å². The van der Waals surface area contributed by atoms with Gasteiger partial charge < -0.3 is 15.4 Å². The van der Waals surface area contributed by atoms with Gasteiger partial charge >= 0.3 is 0 Å². The first-order valence-corrected chi connectivity index (χ1v) is 9.57. The molecule has 2 aromatic heterocycles. The number of nitrogens with zero attached hydrogens (tertiary/aromatic N) is 4. The molecule has 2 atom stereocenters. The number of hydrogen-bond acceptors (Lipinski definition) is 5. The highest BCUT2D eigenvalue weighted by atomic mass is 16.5. The van der Waals surface area contributed by atoms with Crippen molar-refractivity contribution in [3.63, 3.8) is 0 Å². The lowest BCUT2D eigenvalue weighted by atomic mass is 9.86. The van der Waals surface area contributed by atoms with Crippen LogP contribution in [0.15, 0.2) is 67.5 Å². The summed E-state index contributed by atoms with van der Waals surface area (Å²) < 4.78 is 8.32. The molecule has 0 aliphatic heterocycles. The number of benzene rings is 1. The average Bonchev–Trinajstić information content (AvgIpc) is 3.13. The molecule has 6 nitrogen and oxygen atoms in total. The van der Waals surface area contributed by atoms with E-state index in [4.69, 9.17) is 10.5 Å². The third kappa shape index (κ3) is 3.39. The molecule has 0 saturated heterocycles. The number of fused-ring (bicyclic) bond motifs is 2. The third-order valence-electron chi connectivity index (χ3n) is 5.03. The Morgan fingerprint density at radius 3 is 2.82 bits per heavy atom. The Labute approximate surface area is 164 Å². The van der Waals surface area contributed by atoms with E-state index in [-0.39, 0.29) is 12.1 Å². The van der Waals surface area contributed by atoms with Gasteiger partial charge in [0.2, 0.25) is 5.95 Å². The van der Waals surface area contributed by atoms with E-state index in [1.807, 2.05) is 65.0 Å². The van der Waals surface area contributed by atoms with Gasteiger partial charge in [0, 0.05) is 18.8 Å². The van der Waals surface area contributed by atoms with Crippen LogP contribution in [0.25, 0.3) is 5.65 Å². The molecule has 6 heteroatoms. The molecule has 0 spiro atoms. The van der Waals surface area contributed by atoms with Gasteiger partial charge in [-0.3, -0.25) is 4.40 Å². The van der Waals surface area contributed by atoms with Crippen LogP contribution in [0.1, 0.15) is 43.0 Å². The summed E-state index contributed by atoms with van der Waals surface area (Å²) in [6.07, 6.45) is 9.51. The molecule has 0 saturated carbocycles. The van der Waals surface area contributed by atoms with E-state index in [9.17, 15) is 0 Å². The van der Waals surface area contributed by atoms with Crippen molar-refractivity contribution >= 4 is 11.6 Å². The zero-order valence-corrected chi connectivity index (χ0v) is 16.0. The van der Waals surface area contributed by atoms with E-state index in [0.717, 1.165) is 30.2 Å². The van der Waals surface area contributed by atoms with Crippen LogP contribution in [-0.2, 0) is 0 Å². The van der Waals surface area contributed by atoms with Crippen molar-refractivity contribution in [3.8, 4) is 5.75 Å². The quantitative estimate of drug-likeness (QED) is 0.655. The predicted octanol–water partition coefficient (Wildman–Crippen LogP) is 4.17. The second-order valence-electron chi connectivity index (χ2n) is 6.94. The number of pyridine rings is 1. The number of nitrogens with two attached hydrogens (primary N) is 1.